The normalized spacial score (nSPS) is 29.0. The van der Waals surface area contributed by atoms with Gasteiger partial charge < -0.3 is 24.8 Å². The van der Waals surface area contributed by atoms with Gasteiger partial charge in [-0.15, -0.1) is 0 Å². The molecule has 2 saturated heterocycles. The summed E-state index contributed by atoms with van der Waals surface area (Å²) in [5.74, 6) is -2.33. The Bertz CT molecular complexity index is 505. The molecule has 2 fully saturated rings. The van der Waals surface area contributed by atoms with Crippen molar-refractivity contribution in [3.8, 4) is 0 Å². The molecule has 0 aliphatic carbocycles. The van der Waals surface area contributed by atoms with E-state index < -0.39 is 74.5 Å². The van der Waals surface area contributed by atoms with Gasteiger partial charge in [-0.1, -0.05) is 0 Å². The molecule has 0 saturated carbocycles. The van der Waals surface area contributed by atoms with Gasteiger partial charge >= 0.3 is 12.4 Å². The maximum atomic E-state index is 13.1. The highest BCUT2D eigenvalue weighted by atomic mass is 19.4. The van der Waals surface area contributed by atoms with Crippen molar-refractivity contribution in [2.24, 2.45) is 0 Å². The van der Waals surface area contributed by atoms with Crippen molar-refractivity contribution < 1.29 is 50.1 Å². The molecule has 2 heterocycles. The maximum Gasteiger partial charge on any atom is 0.413 e. The van der Waals surface area contributed by atoms with Gasteiger partial charge in [-0.3, -0.25) is 9.59 Å². The molecule has 0 radical (unpaired) electrons. The zero-order valence-electron chi connectivity index (χ0n) is 14.0. The second-order valence-electron chi connectivity index (χ2n) is 6.35. The zero-order chi connectivity index (χ0) is 20.3. The lowest BCUT2D eigenvalue weighted by Gasteiger charge is -2.31. The Balaban J connectivity index is 1.82. The number of nitrogens with one attached hydrogen (secondary N) is 2. The Hall–Kier alpha value is -1.60. The van der Waals surface area contributed by atoms with Crippen LogP contribution in [0.4, 0.5) is 26.3 Å². The first kappa shape index (κ1) is 21.7. The van der Waals surface area contributed by atoms with E-state index in [2.05, 4.69) is 14.2 Å². The summed E-state index contributed by atoms with van der Waals surface area (Å²) < 4.78 is 92.6. The Labute approximate surface area is 149 Å². The van der Waals surface area contributed by atoms with Crippen molar-refractivity contribution in [1.82, 2.24) is 10.6 Å². The second kappa shape index (κ2) is 7.80. The van der Waals surface area contributed by atoms with E-state index in [1.165, 1.54) is 0 Å². The third-order valence-electron chi connectivity index (χ3n) is 4.35. The number of ether oxygens (including phenoxy) is 3. The van der Waals surface area contributed by atoms with E-state index in [4.69, 9.17) is 0 Å². The minimum absolute atomic E-state index is 0.190. The summed E-state index contributed by atoms with van der Waals surface area (Å²) in [6.07, 6.45) is -10.5. The average Bonchev–Trinajstić information content (AvgIpc) is 3.16. The van der Waals surface area contributed by atoms with Crippen LogP contribution in [0.5, 0.6) is 0 Å². The smallest absolute Gasteiger partial charge is 0.379 e. The number of halogens is 6. The van der Waals surface area contributed by atoms with Crippen molar-refractivity contribution in [2.75, 3.05) is 39.6 Å². The predicted octanol–water partition coefficient (Wildman–Crippen LogP) is 0.678. The summed E-state index contributed by atoms with van der Waals surface area (Å²) in [7, 11) is 0. The van der Waals surface area contributed by atoms with Crippen LogP contribution in [0.25, 0.3) is 0 Å². The molecule has 7 nitrogen and oxygen atoms in total. The average molecular weight is 408 g/mol. The van der Waals surface area contributed by atoms with Gasteiger partial charge in [-0.05, 0) is 0 Å². The molecule has 0 aromatic rings. The zero-order valence-corrected chi connectivity index (χ0v) is 14.0. The molecule has 2 unspecified atom stereocenters. The van der Waals surface area contributed by atoms with Gasteiger partial charge in [0.1, 0.15) is 13.2 Å². The molecule has 13 heteroatoms. The van der Waals surface area contributed by atoms with Gasteiger partial charge in [-0.2, -0.15) is 26.3 Å². The Morgan fingerprint density at radius 2 is 1.19 bits per heavy atom. The van der Waals surface area contributed by atoms with E-state index in [1.54, 1.807) is 10.6 Å². The minimum atomic E-state index is -4.75. The molecule has 156 valence electrons. The molecular formula is C14H18F6N2O5. The van der Waals surface area contributed by atoms with Crippen molar-refractivity contribution in [3.63, 3.8) is 0 Å². The standard InChI is InChI=1S/C14H18F6N2O5/c15-13(16,17)11(1-3-25-7-11)21-9(23)5-27-6-10(24)22-12(14(18,19)20)2-4-26-8-12/h1-8H2,(H,21,23)(H,22,24). The SMILES string of the molecule is O=C(COCC(=O)NC1(C(F)(F)F)CCOC1)NC1(C(F)(F)F)CCOC1. The first-order valence-corrected chi connectivity index (χ1v) is 7.90. The number of hydrogen-bond acceptors (Lipinski definition) is 5. The fourth-order valence-electron chi connectivity index (χ4n) is 2.76. The van der Waals surface area contributed by atoms with Gasteiger partial charge in [0.2, 0.25) is 11.8 Å². The lowest BCUT2D eigenvalue weighted by atomic mass is 9.98. The van der Waals surface area contributed by atoms with Crippen LogP contribution in [-0.2, 0) is 23.8 Å². The van der Waals surface area contributed by atoms with E-state index in [9.17, 15) is 35.9 Å². The van der Waals surface area contributed by atoms with Crippen molar-refractivity contribution in [1.29, 1.82) is 0 Å². The number of rotatable bonds is 6. The molecular weight excluding hydrogens is 390 g/mol. The van der Waals surface area contributed by atoms with Gasteiger partial charge in [0.15, 0.2) is 11.1 Å². The molecule has 2 atom stereocenters. The van der Waals surface area contributed by atoms with E-state index >= 15 is 0 Å². The van der Waals surface area contributed by atoms with Crippen LogP contribution >= 0.6 is 0 Å². The number of hydrogen-bond donors (Lipinski definition) is 2. The largest absolute Gasteiger partial charge is 0.413 e. The summed E-state index contributed by atoms with van der Waals surface area (Å²) in [6, 6.07) is 0. The summed E-state index contributed by atoms with van der Waals surface area (Å²) in [5, 5.41) is 3.53. The van der Waals surface area contributed by atoms with Gasteiger partial charge in [0.05, 0.1) is 13.2 Å². The van der Waals surface area contributed by atoms with Crippen LogP contribution in [0.2, 0.25) is 0 Å². The van der Waals surface area contributed by atoms with Crippen molar-refractivity contribution in [2.45, 2.75) is 36.3 Å². The molecule has 0 spiro atoms. The van der Waals surface area contributed by atoms with Crippen LogP contribution in [0.15, 0.2) is 0 Å². The number of amides is 2. The van der Waals surface area contributed by atoms with Crippen molar-refractivity contribution >= 4 is 11.8 Å². The van der Waals surface area contributed by atoms with Crippen LogP contribution in [0, 0.1) is 0 Å². The molecule has 2 aliphatic heterocycles. The second-order valence-corrected chi connectivity index (χ2v) is 6.35. The molecule has 0 bridgehead atoms. The van der Waals surface area contributed by atoms with Gasteiger partial charge in [-0.25, -0.2) is 0 Å². The van der Waals surface area contributed by atoms with E-state index in [1.807, 2.05) is 0 Å². The quantitative estimate of drug-likeness (QED) is 0.632. The lowest BCUT2D eigenvalue weighted by molar-refractivity contribution is -0.199. The topological polar surface area (TPSA) is 85.9 Å². The third kappa shape index (κ3) is 4.82. The highest BCUT2D eigenvalue weighted by molar-refractivity contribution is 5.80. The number of carbonyl (C=O) groups is 2. The fourth-order valence-corrected chi connectivity index (χ4v) is 2.76. The van der Waals surface area contributed by atoms with E-state index in [0.717, 1.165) is 0 Å². The molecule has 2 N–H and O–H groups in total. The van der Waals surface area contributed by atoms with Gasteiger partial charge in [0.25, 0.3) is 0 Å². The molecule has 2 amide bonds. The third-order valence-corrected chi connectivity index (χ3v) is 4.35. The van der Waals surface area contributed by atoms with E-state index in [0.29, 0.717) is 0 Å². The number of alkyl halides is 6. The Kier molecular flexibility index (Phi) is 6.26. The monoisotopic (exact) mass is 408 g/mol. The summed E-state index contributed by atoms with van der Waals surface area (Å²) in [5.41, 5.74) is -5.09. The first-order valence-electron chi connectivity index (χ1n) is 7.90. The summed E-state index contributed by atoms with van der Waals surface area (Å²) in [4.78, 5) is 23.4. The summed E-state index contributed by atoms with van der Waals surface area (Å²) >= 11 is 0. The highest BCUT2D eigenvalue weighted by Crippen LogP contribution is 2.37. The van der Waals surface area contributed by atoms with Crippen LogP contribution < -0.4 is 10.6 Å². The Morgan fingerprint density at radius 3 is 1.44 bits per heavy atom. The number of carbonyl (C=O) groups excluding carboxylic acids is 2. The molecule has 0 aromatic heterocycles. The van der Waals surface area contributed by atoms with Crippen LogP contribution in [0.3, 0.4) is 0 Å². The molecule has 0 aromatic carbocycles. The van der Waals surface area contributed by atoms with Gasteiger partial charge in [0, 0.05) is 26.1 Å². The van der Waals surface area contributed by atoms with E-state index in [-0.39, 0.29) is 13.2 Å². The lowest BCUT2D eigenvalue weighted by Crippen LogP contribution is -2.60. The minimum Gasteiger partial charge on any atom is -0.379 e. The summed E-state index contributed by atoms with van der Waals surface area (Å²) in [6.45, 7) is -3.75. The fraction of sp³-hybridized carbons (Fsp3) is 0.857. The predicted molar refractivity (Wildman–Crippen MR) is 75.5 cm³/mol. The van der Waals surface area contributed by atoms with Crippen molar-refractivity contribution in [3.05, 3.63) is 0 Å². The first-order chi connectivity index (χ1) is 12.4. The Morgan fingerprint density at radius 1 is 0.815 bits per heavy atom. The molecule has 2 rings (SSSR count). The van der Waals surface area contributed by atoms with Crippen LogP contribution in [0.1, 0.15) is 12.8 Å². The van der Waals surface area contributed by atoms with Crippen LogP contribution in [-0.4, -0.2) is 74.9 Å². The molecule has 2 aliphatic rings. The highest BCUT2D eigenvalue weighted by Gasteiger charge is 2.59. The molecule has 27 heavy (non-hydrogen) atoms. The maximum absolute atomic E-state index is 13.1.